The van der Waals surface area contributed by atoms with Gasteiger partial charge < -0.3 is 14.6 Å². The van der Waals surface area contributed by atoms with Crippen LogP contribution in [0, 0.1) is 5.92 Å². The first kappa shape index (κ1) is 14.6. The van der Waals surface area contributed by atoms with E-state index in [4.69, 9.17) is 4.42 Å². The van der Waals surface area contributed by atoms with Crippen molar-refractivity contribution in [3.05, 3.63) is 17.8 Å². The molecule has 1 saturated carbocycles. The van der Waals surface area contributed by atoms with Crippen LogP contribution in [0.5, 0.6) is 0 Å². The lowest BCUT2D eigenvalue weighted by atomic mass is 9.99. The summed E-state index contributed by atoms with van der Waals surface area (Å²) in [7, 11) is 1.81. The molecule has 1 aliphatic carbocycles. The average molecular weight is 291 g/mol. The highest BCUT2D eigenvalue weighted by Gasteiger charge is 2.34. The highest BCUT2D eigenvalue weighted by atomic mass is 16.3. The minimum Gasteiger partial charge on any atom is -0.446 e. The molecule has 1 unspecified atom stereocenters. The van der Waals surface area contributed by atoms with Crippen molar-refractivity contribution < 1.29 is 9.21 Å². The Labute approximate surface area is 126 Å². The van der Waals surface area contributed by atoms with Crippen LogP contribution < -0.4 is 5.32 Å². The van der Waals surface area contributed by atoms with E-state index in [1.807, 2.05) is 11.9 Å². The third kappa shape index (κ3) is 3.12. The molecule has 5 heteroatoms. The lowest BCUT2D eigenvalue weighted by molar-refractivity contribution is -0.134. The van der Waals surface area contributed by atoms with Crippen LogP contribution in [-0.4, -0.2) is 35.9 Å². The van der Waals surface area contributed by atoms with Crippen LogP contribution in [0.15, 0.2) is 10.8 Å². The summed E-state index contributed by atoms with van der Waals surface area (Å²) in [6.07, 6.45) is 10.1. The number of likely N-dealkylation sites (N-methyl/N-ethyl adjacent to an activating group) is 1. The quantitative estimate of drug-likeness (QED) is 0.868. The van der Waals surface area contributed by atoms with E-state index in [1.165, 1.54) is 44.9 Å². The Morgan fingerprint density at radius 3 is 2.81 bits per heavy atom. The van der Waals surface area contributed by atoms with Crippen molar-refractivity contribution in [1.29, 1.82) is 0 Å². The monoisotopic (exact) mass is 291 g/mol. The summed E-state index contributed by atoms with van der Waals surface area (Å²) in [4.78, 5) is 19.1. The van der Waals surface area contributed by atoms with E-state index in [-0.39, 0.29) is 11.9 Å². The number of carbonyl (C=O) groups is 1. The SMILES string of the molecule is CNC1C(=O)N(CC2CCCCCC2)CCc2ncoc21. The number of hydrogen-bond acceptors (Lipinski definition) is 4. The standard InChI is InChI=1S/C16H25N3O2/c1-17-14-15-13(18-11-21-15)8-9-19(16(14)20)10-12-6-4-2-3-5-7-12/h11-12,14,17H,2-10H2,1H3. The number of aromatic nitrogens is 1. The molecule has 1 aromatic heterocycles. The van der Waals surface area contributed by atoms with Crippen molar-refractivity contribution in [2.45, 2.75) is 51.0 Å². The molecule has 116 valence electrons. The molecule has 0 bridgehead atoms. The molecule has 21 heavy (non-hydrogen) atoms. The van der Waals surface area contributed by atoms with Gasteiger partial charge in [-0.3, -0.25) is 4.79 Å². The van der Waals surface area contributed by atoms with Crippen molar-refractivity contribution in [3.63, 3.8) is 0 Å². The van der Waals surface area contributed by atoms with Crippen molar-refractivity contribution in [2.75, 3.05) is 20.1 Å². The van der Waals surface area contributed by atoms with E-state index >= 15 is 0 Å². The van der Waals surface area contributed by atoms with E-state index in [2.05, 4.69) is 10.3 Å². The number of oxazole rings is 1. The molecular weight excluding hydrogens is 266 g/mol. The van der Waals surface area contributed by atoms with Gasteiger partial charge in [0.2, 0.25) is 5.91 Å². The molecule has 1 amide bonds. The first-order chi connectivity index (χ1) is 10.3. The third-order valence-corrected chi connectivity index (χ3v) is 4.85. The predicted octanol–water partition coefficient (Wildman–Crippen LogP) is 2.29. The van der Waals surface area contributed by atoms with Crippen LogP contribution in [0.25, 0.3) is 0 Å². The summed E-state index contributed by atoms with van der Waals surface area (Å²) in [5.41, 5.74) is 0.922. The van der Waals surface area contributed by atoms with Gasteiger partial charge in [-0.25, -0.2) is 4.98 Å². The number of carbonyl (C=O) groups excluding carboxylic acids is 1. The van der Waals surface area contributed by atoms with E-state index < -0.39 is 0 Å². The fourth-order valence-corrected chi connectivity index (χ4v) is 3.64. The summed E-state index contributed by atoms with van der Waals surface area (Å²) in [5.74, 6) is 1.49. The van der Waals surface area contributed by atoms with Crippen LogP contribution in [0.4, 0.5) is 0 Å². The largest absolute Gasteiger partial charge is 0.446 e. The molecule has 1 aromatic rings. The molecule has 1 N–H and O–H groups in total. The van der Waals surface area contributed by atoms with Gasteiger partial charge in [0.15, 0.2) is 12.2 Å². The molecule has 1 fully saturated rings. The molecule has 2 aliphatic rings. The first-order valence-corrected chi connectivity index (χ1v) is 8.18. The van der Waals surface area contributed by atoms with Crippen LogP contribution in [0.3, 0.4) is 0 Å². The molecular formula is C16H25N3O2. The van der Waals surface area contributed by atoms with Gasteiger partial charge >= 0.3 is 0 Å². The van der Waals surface area contributed by atoms with Gasteiger partial charge in [-0.1, -0.05) is 25.7 Å². The zero-order valence-electron chi connectivity index (χ0n) is 12.8. The molecule has 3 rings (SSSR count). The normalized spacial score (nSPS) is 24.5. The van der Waals surface area contributed by atoms with Gasteiger partial charge in [-0.2, -0.15) is 0 Å². The van der Waals surface area contributed by atoms with E-state index in [0.29, 0.717) is 11.7 Å². The second-order valence-corrected chi connectivity index (χ2v) is 6.28. The summed E-state index contributed by atoms with van der Waals surface area (Å²) < 4.78 is 5.45. The second-order valence-electron chi connectivity index (χ2n) is 6.28. The zero-order chi connectivity index (χ0) is 14.7. The minimum atomic E-state index is -0.379. The number of rotatable bonds is 3. The fraction of sp³-hybridized carbons (Fsp3) is 0.750. The van der Waals surface area contributed by atoms with E-state index in [1.54, 1.807) is 0 Å². The number of amides is 1. The van der Waals surface area contributed by atoms with Crippen LogP contribution in [0.1, 0.15) is 56.0 Å². The molecule has 5 nitrogen and oxygen atoms in total. The smallest absolute Gasteiger partial charge is 0.247 e. The third-order valence-electron chi connectivity index (χ3n) is 4.85. The summed E-state index contributed by atoms with van der Waals surface area (Å²) in [5, 5.41) is 3.09. The molecule has 1 atom stereocenters. The van der Waals surface area contributed by atoms with Crippen molar-refractivity contribution >= 4 is 5.91 Å². The van der Waals surface area contributed by atoms with Crippen molar-refractivity contribution in [3.8, 4) is 0 Å². The molecule has 0 aromatic carbocycles. The lowest BCUT2D eigenvalue weighted by Crippen LogP contribution is -2.41. The Morgan fingerprint density at radius 1 is 1.33 bits per heavy atom. The Hall–Kier alpha value is -1.36. The summed E-state index contributed by atoms with van der Waals surface area (Å²) in [6, 6.07) is -0.379. The summed E-state index contributed by atoms with van der Waals surface area (Å²) in [6.45, 7) is 1.65. The van der Waals surface area contributed by atoms with Gasteiger partial charge in [0, 0.05) is 19.5 Å². The summed E-state index contributed by atoms with van der Waals surface area (Å²) >= 11 is 0. The van der Waals surface area contributed by atoms with Crippen molar-refractivity contribution in [1.82, 2.24) is 15.2 Å². The second kappa shape index (κ2) is 6.60. The maximum atomic E-state index is 12.8. The number of hydrogen-bond donors (Lipinski definition) is 1. The Morgan fingerprint density at radius 2 is 2.10 bits per heavy atom. The zero-order valence-corrected chi connectivity index (χ0v) is 12.8. The predicted molar refractivity (Wildman–Crippen MR) is 79.8 cm³/mol. The van der Waals surface area contributed by atoms with E-state index in [9.17, 15) is 4.79 Å². The maximum Gasteiger partial charge on any atom is 0.247 e. The highest BCUT2D eigenvalue weighted by Crippen LogP contribution is 2.27. The molecule has 2 heterocycles. The van der Waals surface area contributed by atoms with Gasteiger partial charge in [-0.15, -0.1) is 0 Å². The van der Waals surface area contributed by atoms with E-state index in [0.717, 1.165) is 25.2 Å². The Balaban J connectivity index is 1.71. The average Bonchev–Trinajstić information content (AvgIpc) is 2.73. The lowest BCUT2D eigenvalue weighted by Gasteiger charge is -2.28. The highest BCUT2D eigenvalue weighted by molar-refractivity contribution is 5.83. The van der Waals surface area contributed by atoms with Gasteiger partial charge in [-0.05, 0) is 25.8 Å². The Kier molecular flexibility index (Phi) is 4.58. The first-order valence-electron chi connectivity index (χ1n) is 8.18. The fourth-order valence-electron chi connectivity index (χ4n) is 3.64. The molecule has 0 saturated heterocycles. The van der Waals surface area contributed by atoms with Crippen LogP contribution in [0.2, 0.25) is 0 Å². The topological polar surface area (TPSA) is 58.4 Å². The maximum absolute atomic E-state index is 12.8. The molecule has 0 spiro atoms. The number of nitrogens with one attached hydrogen (secondary N) is 1. The van der Waals surface area contributed by atoms with Gasteiger partial charge in [0.05, 0.1) is 5.69 Å². The van der Waals surface area contributed by atoms with Crippen molar-refractivity contribution in [2.24, 2.45) is 5.92 Å². The van der Waals surface area contributed by atoms with Gasteiger partial charge in [0.1, 0.15) is 6.04 Å². The Bertz CT molecular complexity index is 478. The number of nitrogens with zero attached hydrogens (tertiary/aromatic N) is 2. The van der Waals surface area contributed by atoms with Gasteiger partial charge in [0.25, 0.3) is 0 Å². The molecule has 1 aliphatic heterocycles. The minimum absolute atomic E-state index is 0.136. The van der Waals surface area contributed by atoms with Crippen LogP contribution >= 0.6 is 0 Å². The van der Waals surface area contributed by atoms with Crippen LogP contribution in [-0.2, 0) is 11.2 Å². The molecule has 0 radical (unpaired) electrons. The number of fused-ring (bicyclic) bond motifs is 1.